The highest BCUT2D eigenvalue weighted by atomic mass is 16.5. The molecule has 3 aromatic rings. The summed E-state index contributed by atoms with van der Waals surface area (Å²) in [5.74, 6) is 1.60. The summed E-state index contributed by atoms with van der Waals surface area (Å²) in [5, 5.41) is 1.24. The quantitative estimate of drug-likeness (QED) is 0.730. The van der Waals surface area contributed by atoms with Crippen molar-refractivity contribution in [1.29, 1.82) is 0 Å². The van der Waals surface area contributed by atoms with Crippen LogP contribution in [0, 0.1) is 6.92 Å². The summed E-state index contributed by atoms with van der Waals surface area (Å²) in [7, 11) is 3.25. The van der Waals surface area contributed by atoms with Crippen molar-refractivity contribution in [1.82, 2.24) is 9.88 Å². The molecule has 5 heteroatoms. The highest BCUT2D eigenvalue weighted by Crippen LogP contribution is 2.30. The third-order valence-corrected chi connectivity index (χ3v) is 5.56. The smallest absolute Gasteiger partial charge is 0.223 e. The van der Waals surface area contributed by atoms with Gasteiger partial charge in [-0.3, -0.25) is 4.79 Å². The van der Waals surface area contributed by atoms with Crippen LogP contribution in [-0.2, 0) is 24.2 Å². The number of hydrogen-bond acceptors (Lipinski definition) is 3. The van der Waals surface area contributed by atoms with Gasteiger partial charge in [0.15, 0.2) is 11.5 Å². The van der Waals surface area contributed by atoms with E-state index in [0.717, 1.165) is 24.0 Å². The topological polar surface area (TPSA) is 54.6 Å². The molecular formula is C23H26N2O3. The molecule has 1 aliphatic heterocycles. The molecule has 0 bridgehead atoms. The SMILES string of the molecule is COc1ccc(CCC(=O)N2CCc3[nH]c4ccc(C)cc4c3C2)cc1OC. The number of nitrogens with zero attached hydrogens (tertiary/aromatic N) is 1. The minimum atomic E-state index is 0.197. The largest absolute Gasteiger partial charge is 0.493 e. The minimum Gasteiger partial charge on any atom is -0.493 e. The lowest BCUT2D eigenvalue weighted by Gasteiger charge is -2.27. The molecule has 0 atom stereocenters. The molecule has 1 N–H and O–H groups in total. The molecule has 4 rings (SSSR count). The van der Waals surface area contributed by atoms with Crippen LogP contribution < -0.4 is 9.47 Å². The first-order valence-electron chi connectivity index (χ1n) is 9.68. The van der Waals surface area contributed by atoms with Gasteiger partial charge in [0.2, 0.25) is 5.91 Å². The van der Waals surface area contributed by atoms with Gasteiger partial charge in [0.1, 0.15) is 0 Å². The summed E-state index contributed by atoms with van der Waals surface area (Å²) < 4.78 is 10.6. The third kappa shape index (κ3) is 3.44. The van der Waals surface area contributed by atoms with Crippen molar-refractivity contribution >= 4 is 16.8 Å². The Hall–Kier alpha value is -2.95. The molecule has 0 unspecified atom stereocenters. The average molecular weight is 378 g/mol. The first-order chi connectivity index (χ1) is 13.6. The van der Waals surface area contributed by atoms with Crippen molar-refractivity contribution in [3.8, 4) is 11.5 Å². The molecule has 0 spiro atoms. The van der Waals surface area contributed by atoms with E-state index >= 15 is 0 Å². The maximum Gasteiger partial charge on any atom is 0.223 e. The summed E-state index contributed by atoms with van der Waals surface area (Å²) >= 11 is 0. The van der Waals surface area contributed by atoms with Gasteiger partial charge in [-0.1, -0.05) is 17.7 Å². The van der Waals surface area contributed by atoms with E-state index in [2.05, 4.69) is 30.1 Å². The summed E-state index contributed by atoms with van der Waals surface area (Å²) in [6.07, 6.45) is 2.06. The van der Waals surface area contributed by atoms with E-state index in [1.54, 1.807) is 14.2 Å². The molecule has 1 amide bonds. The Kier molecular flexibility index (Phi) is 4.99. The maximum atomic E-state index is 12.8. The second-order valence-electron chi connectivity index (χ2n) is 7.39. The van der Waals surface area contributed by atoms with Crippen LogP contribution in [0.1, 0.15) is 28.8 Å². The molecule has 0 radical (unpaired) electrons. The van der Waals surface area contributed by atoms with Crippen molar-refractivity contribution in [2.75, 3.05) is 20.8 Å². The summed E-state index contributed by atoms with van der Waals surface area (Å²) in [6.45, 7) is 3.56. The van der Waals surface area contributed by atoms with Crippen LogP contribution in [0.5, 0.6) is 11.5 Å². The van der Waals surface area contributed by atoms with E-state index in [9.17, 15) is 4.79 Å². The molecule has 2 aromatic carbocycles. The first-order valence-corrected chi connectivity index (χ1v) is 9.68. The van der Waals surface area contributed by atoms with Gasteiger partial charge in [-0.2, -0.15) is 0 Å². The Balaban J connectivity index is 1.45. The lowest BCUT2D eigenvalue weighted by atomic mass is 10.0. The highest BCUT2D eigenvalue weighted by molar-refractivity contribution is 5.86. The number of hydrogen-bond donors (Lipinski definition) is 1. The Morgan fingerprint density at radius 3 is 2.71 bits per heavy atom. The van der Waals surface area contributed by atoms with Crippen LogP contribution in [-0.4, -0.2) is 36.6 Å². The zero-order valence-electron chi connectivity index (χ0n) is 16.7. The van der Waals surface area contributed by atoms with Gasteiger partial charge < -0.3 is 19.4 Å². The van der Waals surface area contributed by atoms with Gasteiger partial charge in [-0.15, -0.1) is 0 Å². The Labute approximate surface area is 165 Å². The van der Waals surface area contributed by atoms with E-state index in [1.165, 1.54) is 22.2 Å². The second-order valence-corrected chi connectivity index (χ2v) is 7.39. The van der Waals surface area contributed by atoms with E-state index in [-0.39, 0.29) is 5.91 Å². The normalized spacial score (nSPS) is 13.5. The number of rotatable bonds is 5. The number of aromatic nitrogens is 1. The molecule has 0 saturated carbocycles. The number of amides is 1. The molecule has 0 aliphatic carbocycles. The number of fused-ring (bicyclic) bond motifs is 3. The zero-order chi connectivity index (χ0) is 19.7. The Morgan fingerprint density at radius 1 is 1.11 bits per heavy atom. The molecule has 0 saturated heterocycles. The summed E-state index contributed by atoms with van der Waals surface area (Å²) in [6, 6.07) is 12.3. The molecule has 146 valence electrons. The molecule has 1 aliphatic rings. The fourth-order valence-corrected chi connectivity index (χ4v) is 3.99. The van der Waals surface area contributed by atoms with Crippen LogP contribution in [0.15, 0.2) is 36.4 Å². The van der Waals surface area contributed by atoms with E-state index < -0.39 is 0 Å². The minimum absolute atomic E-state index is 0.197. The fourth-order valence-electron chi connectivity index (χ4n) is 3.99. The van der Waals surface area contributed by atoms with Crippen LogP contribution >= 0.6 is 0 Å². The lowest BCUT2D eigenvalue weighted by Crippen LogP contribution is -2.35. The molecular weight excluding hydrogens is 352 g/mol. The van der Waals surface area contributed by atoms with E-state index in [4.69, 9.17) is 9.47 Å². The van der Waals surface area contributed by atoms with Crippen molar-refractivity contribution in [3.05, 3.63) is 58.8 Å². The number of aromatic amines is 1. The molecule has 1 aromatic heterocycles. The van der Waals surface area contributed by atoms with Gasteiger partial charge in [0, 0.05) is 48.1 Å². The number of nitrogens with one attached hydrogen (secondary N) is 1. The number of H-pyrrole nitrogens is 1. The monoisotopic (exact) mass is 378 g/mol. The van der Waals surface area contributed by atoms with Gasteiger partial charge in [0.05, 0.1) is 14.2 Å². The number of benzene rings is 2. The molecule has 5 nitrogen and oxygen atoms in total. The van der Waals surface area contributed by atoms with Crippen molar-refractivity contribution in [2.45, 2.75) is 32.7 Å². The number of carbonyl (C=O) groups excluding carboxylic acids is 1. The third-order valence-electron chi connectivity index (χ3n) is 5.56. The summed E-state index contributed by atoms with van der Waals surface area (Å²) in [4.78, 5) is 18.3. The van der Waals surface area contributed by atoms with Crippen LogP contribution in [0.4, 0.5) is 0 Å². The maximum absolute atomic E-state index is 12.8. The number of carbonyl (C=O) groups is 1. The molecule has 0 fully saturated rings. The number of methoxy groups -OCH3 is 2. The predicted octanol–water partition coefficient (Wildman–Crippen LogP) is 4.01. The van der Waals surface area contributed by atoms with Crippen molar-refractivity contribution < 1.29 is 14.3 Å². The van der Waals surface area contributed by atoms with E-state index in [0.29, 0.717) is 30.9 Å². The fraction of sp³-hybridized carbons (Fsp3) is 0.348. The summed E-state index contributed by atoms with van der Waals surface area (Å²) in [5.41, 5.74) is 6.02. The standard InChI is InChI=1S/C23H26N2O3/c1-15-4-7-19-17(12-15)18-14-25(11-10-20(18)24-19)23(26)9-6-16-5-8-21(27-2)22(13-16)28-3/h4-5,7-8,12-13,24H,6,9-11,14H2,1-3H3. The molecule has 2 heterocycles. The van der Waals surface area contributed by atoms with Crippen LogP contribution in [0.25, 0.3) is 10.9 Å². The van der Waals surface area contributed by atoms with Crippen molar-refractivity contribution in [3.63, 3.8) is 0 Å². The Morgan fingerprint density at radius 2 is 1.93 bits per heavy atom. The van der Waals surface area contributed by atoms with E-state index in [1.807, 2.05) is 23.1 Å². The highest BCUT2D eigenvalue weighted by Gasteiger charge is 2.24. The Bertz CT molecular complexity index is 1020. The lowest BCUT2D eigenvalue weighted by molar-refractivity contribution is -0.132. The van der Waals surface area contributed by atoms with Gasteiger partial charge in [-0.05, 0) is 43.2 Å². The first kappa shape index (κ1) is 18.4. The average Bonchev–Trinajstić information content (AvgIpc) is 3.08. The predicted molar refractivity (Wildman–Crippen MR) is 110 cm³/mol. The zero-order valence-corrected chi connectivity index (χ0v) is 16.7. The second kappa shape index (κ2) is 7.58. The van der Waals surface area contributed by atoms with Gasteiger partial charge in [0.25, 0.3) is 0 Å². The van der Waals surface area contributed by atoms with Crippen molar-refractivity contribution in [2.24, 2.45) is 0 Å². The van der Waals surface area contributed by atoms with Gasteiger partial charge >= 0.3 is 0 Å². The molecule has 28 heavy (non-hydrogen) atoms. The van der Waals surface area contributed by atoms with Crippen LogP contribution in [0.2, 0.25) is 0 Å². The number of ether oxygens (including phenoxy) is 2. The van der Waals surface area contributed by atoms with Crippen LogP contribution in [0.3, 0.4) is 0 Å². The van der Waals surface area contributed by atoms with Gasteiger partial charge in [-0.25, -0.2) is 0 Å². The number of aryl methyl sites for hydroxylation is 2.